The van der Waals surface area contributed by atoms with E-state index >= 15 is 0 Å². The lowest BCUT2D eigenvalue weighted by Gasteiger charge is -2.13. The molecule has 0 atom stereocenters. The Hall–Kier alpha value is -1.38. The Balaban J connectivity index is 2.33. The van der Waals surface area contributed by atoms with Crippen molar-refractivity contribution in [1.29, 1.82) is 0 Å². The predicted octanol–water partition coefficient (Wildman–Crippen LogP) is 4.81. The maximum Gasteiger partial charge on any atom is 0.155 e. The Labute approximate surface area is 128 Å². The fraction of sp³-hybridized carbons (Fsp3) is 0.667. The van der Waals surface area contributed by atoms with Crippen LogP contribution in [-0.4, -0.2) is 14.6 Å². The molecule has 0 aliphatic heterocycles. The van der Waals surface area contributed by atoms with E-state index in [2.05, 4.69) is 31.9 Å². The van der Waals surface area contributed by atoms with Crippen molar-refractivity contribution in [2.24, 2.45) is 0 Å². The third-order valence-corrected chi connectivity index (χ3v) is 4.21. The molecule has 0 saturated heterocycles. The van der Waals surface area contributed by atoms with Crippen LogP contribution in [0.25, 0.3) is 5.65 Å². The molecule has 2 rings (SSSR count). The number of rotatable bonds is 8. The lowest BCUT2D eigenvalue weighted by Crippen LogP contribution is -2.08. The molecule has 116 valence electrons. The Bertz CT molecular complexity index is 584. The van der Waals surface area contributed by atoms with E-state index in [1.807, 2.05) is 11.4 Å². The number of nitrogens with zero attached hydrogens (tertiary/aromatic N) is 3. The third kappa shape index (κ3) is 3.84. The number of hydrogen-bond acceptors (Lipinski definition) is 2. The van der Waals surface area contributed by atoms with Crippen LogP contribution in [0.15, 0.2) is 6.07 Å². The second-order valence-corrected chi connectivity index (χ2v) is 6.09. The lowest BCUT2D eigenvalue weighted by atomic mass is 10.0. The highest BCUT2D eigenvalue weighted by molar-refractivity contribution is 5.44. The van der Waals surface area contributed by atoms with Crippen LogP contribution >= 0.6 is 0 Å². The molecule has 0 radical (unpaired) electrons. The van der Waals surface area contributed by atoms with Crippen LogP contribution in [0.4, 0.5) is 0 Å². The molecule has 0 unspecified atom stereocenters. The van der Waals surface area contributed by atoms with Gasteiger partial charge in [-0.2, -0.15) is 5.10 Å². The molecule has 0 aromatic carbocycles. The van der Waals surface area contributed by atoms with Crippen LogP contribution in [0.1, 0.15) is 75.0 Å². The fourth-order valence-electron chi connectivity index (χ4n) is 2.98. The molecule has 0 spiro atoms. The van der Waals surface area contributed by atoms with Gasteiger partial charge in [-0.15, -0.1) is 0 Å². The van der Waals surface area contributed by atoms with Crippen LogP contribution in [-0.2, 0) is 12.8 Å². The number of aryl methyl sites for hydroxylation is 3. The zero-order valence-electron chi connectivity index (χ0n) is 14.1. The second-order valence-electron chi connectivity index (χ2n) is 6.09. The minimum atomic E-state index is 1.01. The summed E-state index contributed by atoms with van der Waals surface area (Å²) in [5.41, 5.74) is 6.10. The first-order chi connectivity index (χ1) is 10.2. The summed E-state index contributed by atoms with van der Waals surface area (Å²) in [6.45, 7) is 8.75. The van der Waals surface area contributed by atoms with Gasteiger partial charge in [0.2, 0.25) is 0 Å². The first kappa shape index (κ1) is 16.0. The van der Waals surface area contributed by atoms with E-state index in [4.69, 9.17) is 4.98 Å². The largest absolute Gasteiger partial charge is 0.233 e. The summed E-state index contributed by atoms with van der Waals surface area (Å²) in [4.78, 5) is 4.91. The number of aromatic nitrogens is 3. The van der Waals surface area contributed by atoms with Gasteiger partial charge < -0.3 is 0 Å². The quantitative estimate of drug-likeness (QED) is 0.652. The summed E-state index contributed by atoms with van der Waals surface area (Å²) in [5.74, 6) is 0. The van der Waals surface area contributed by atoms with Gasteiger partial charge in [-0.3, -0.25) is 0 Å². The van der Waals surface area contributed by atoms with Gasteiger partial charge in [0.15, 0.2) is 5.65 Å². The van der Waals surface area contributed by atoms with Crippen LogP contribution in [0.5, 0.6) is 0 Å². The van der Waals surface area contributed by atoms with Crippen LogP contribution in [0.2, 0.25) is 0 Å². The molecular formula is C18H29N3. The van der Waals surface area contributed by atoms with Crippen molar-refractivity contribution < 1.29 is 0 Å². The van der Waals surface area contributed by atoms with Gasteiger partial charge in [0.25, 0.3) is 0 Å². The van der Waals surface area contributed by atoms with E-state index in [0.29, 0.717) is 0 Å². The molecule has 3 heteroatoms. The number of hydrogen-bond donors (Lipinski definition) is 0. The van der Waals surface area contributed by atoms with Crippen LogP contribution in [0.3, 0.4) is 0 Å². The SMILES string of the molecule is CCCCCc1nc2cc(C)nn2c(C)c1CCCCC. The summed E-state index contributed by atoms with van der Waals surface area (Å²) in [6, 6.07) is 2.09. The molecule has 2 aromatic rings. The Kier molecular flexibility index (Phi) is 5.77. The molecule has 3 nitrogen and oxygen atoms in total. The van der Waals surface area contributed by atoms with E-state index in [1.165, 1.54) is 55.5 Å². The Morgan fingerprint density at radius 1 is 0.952 bits per heavy atom. The molecular weight excluding hydrogens is 258 g/mol. The first-order valence-electron chi connectivity index (χ1n) is 8.52. The Morgan fingerprint density at radius 3 is 2.29 bits per heavy atom. The zero-order chi connectivity index (χ0) is 15.2. The highest BCUT2D eigenvalue weighted by atomic mass is 15.3. The topological polar surface area (TPSA) is 30.2 Å². The molecule has 2 aromatic heterocycles. The van der Waals surface area contributed by atoms with E-state index in [9.17, 15) is 0 Å². The minimum absolute atomic E-state index is 1.01. The summed E-state index contributed by atoms with van der Waals surface area (Å²) in [6.07, 6.45) is 9.86. The molecule has 0 aliphatic carbocycles. The first-order valence-corrected chi connectivity index (χ1v) is 8.52. The fourth-order valence-corrected chi connectivity index (χ4v) is 2.98. The number of fused-ring (bicyclic) bond motifs is 1. The monoisotopic (exact) mass is 287 g/mol. The van der Waals surface area contributed by atoms with E-state index in [-0.39, 0.29) is 0 Å². The summed E-state index contributed by atoms with van der Waals surface area (Å²) in [7, 11) is 0. The molecule has 0 aliphatic rings. The average Bonchev–Trinajstić information content (AvgIpc) is 2.83. The molecule has 0 saturated carbocycles. The molecule has 0 bridgehead atoms. The van der Waals surface area contributed by atoms with E-state index < -0.39 is 0 Å². The second kappa shape index (κ2) is 7.58. The predicted molar refractivity (Wildman–Crippen MR) is 88.9 cm³/mol. The summed E-state index contributed by atoms with van der Waals surface area (Å²) < 4.78 is 2.03. The van der Waals surface area contributed by atoms with Crippen molar-refractivity contribution in [3.63, 3.8) is 0 Å². The van der Waals surface area contributed by atoms with Gasteiger partial charge in [-0.25, -0.2) is 9.50 Å². The normalized spacial score (nSPS) is 11.4. The van der Waals surface area contributed by atoms with E-state index in [0.717, 1.165) is 24.2 Å². The molecule has 0 amide bonds. The maximum absolute atomic E-state index is 4.91. The summed E-state index contributed by atoms with van der Waals surface area (Å²) >= 11 is 0. The standard InChI is InChI=1S/C18H29N3/c1-5-7-9-11-16-15(4)21-18(13-14(3)20-21)19-17(16)12-10-8-6-2/h13H,5-12H2,1-4H3. The highest BCUT2D eigenvalue weighted by Crippen LogP contribution is 2.20. The average molecular weight is 287 g/mol. The van der Waals surface area contributed by atoms with E-state index in [1.54, 1.807) is 0 Å². The third-order valence-electron chi connectivity index (χ3n) is 4.21. The van der Waals surface area contributed by atoms with Crippen molar-refractivity contribution in [2.75, 3.05) is 0 Å². The zero-order valence-corrected chi connectivity index (χ0v) is 14.1. The van der Waals surface area contributed by atoms with Gasteiger partial charge >= 0.3 is 0 Å². The lowest BCUT2D eigenvalue weighted by molar-refractivity contribution is 0.672. The number of unbranched alkanes of at least 4 members (excludes halogenated alkanes) is 4. The minimum Gasteiger partial charge on any atom is -0.233 e. The van der Waals surface area contributed by atoms with Crippen molar-refractivity contribution in [2.45, 2.75) is 79.1 Å². The van der Waals surface area contributed by atoms with Crippen molar-refractivity contribution >= 4 is 5.65 Å². The maximum atomic E-state index is 4.91. The molecule has 0 fully saturated rings. The van der Waals surface area contributed by atoms with Crippen LogP contribution in [0, 0.1) is 13.8 Å². The van der Waals surface area contributed by atoms with Crippen molar-refractivity contribution in [1.82, 2.24) is 14.6 Å². The van der Waals surface area contributed by atoms with Crippen LogP contribution < -0.4 is 0 Å². The van der Waals surface area contributed by atoms with Gasteiger partial charge in [-0.1, -0.05) is 39.5 Å². The molecule has 2 heterocycles. The Morgan fingerprint density at radius 2 is 1.62 bits per heavy atom. The molecule has 21 heavy (non-hydrogen) atoms. The van der Waals surface area contributed by atoms with Gasteiger partial charge in [0.1, 0.15) is 0 Å². The smallest absolute Gasteiger partial charge is 0.155 e. The van der Waals surface area contributed by atoms with Gasteiger partial charge in [0, 0.05) is 17.5 Å². The highest BCUT2D eigenvalue weighted by Gasteiger charge is 2.13. The van der Waals surface area contributed by atoms with Crippen molar-refractivity contribution in [3.05, 3.63) is 28.7 Å². The molecule has 0 N–H and O–H groups in total. The van der Waals surface area contributed by atoms with Crippen molar-refractivity contribution in [3.8, 4) is 0 Å². The van der Waals surface area contributed by atoms with Gasteiger partial charge in [0.05, 0.1) is 5.69 Å². The van der Waals surface area contributed by atoms with Gasteiger partial charge in [-0.05, 0) is 45.1 Å². The summed E-state index contributed by atoms with van der Waals surface area (Å²) in [5, 5.41) is 4.59.